The normalized spacial score (nSPS) is 11.8. The average Bonchev–Trinajstić information content (AvgIpc) is 2.43. The van der Waals surface area contributed by atoms with Gasteiger partial charge in [0.1, 0.15) is 0 Å². The van der Waals surface area contributed by atoms with Crippen molar-refractivity contribution in [2.24, 2.45) is 4.99 Å². The molecule has 0 atom stereocenters. The van der Waals surface area contributed by atoms with Crippen molar-refractivity contribution in [3.8, 4) is 0 Å². The zero-order chi connectivity index (χ0) is 13.1. The van der Waals surface area contributed by atoms with Gasteiger partial charge in [0.15, 0.2) is 0 Å². The molecule has 100 valence electrons. The van der Waals surface area contributed by atoms with Crippen LogP contribution < -0.4 is 0 Å². The Kier molecular flexibility index (Phi) is 8.15. The quantitative estimate of drug-likeness (QED) is 0.475. The average molecular weight is 247 g/mol. The molecule has 0 radical (unpaired) electrons. The Morgan fingerprint density at radius 3 is 2.50 bits per heavy atom. The van der Waals surface area contributed by atoms with Gasteiger partial charge in [-0.15, -0.1) is 0 Å². The smallest absolute Gasteiger partial charge is 0.0662 e. The van der Waals surface area contributed by atoms with Gasteiger partial charge in [0.05, 0.1) is 13.2 Å². The molecule has 0 aliphatic heterocycles. The lowest BCUT2D eigenvalue weighted by Gasteiger charge is -2.05. The fourth-order valence-corrected chi connectivity index (χ4v) is 1.84. The molecule has 0 spiro atoms. The van der Waals surface area contributed by atoms with Crippen LogP contribution in [0.5, 0.6) is 0 Å². The molecule has 1 aromatic carbocycles. The Labute approximate surface area is 111 Å². The van der Waals surface area contributed by atoms with Crippen molar-refractivity contribution >= 4 is 5.71 Å². The van der Waals surface area contributed by atoms with Crippen molar-refractivity contribution < 1.29 is 4.74 Å². The molecular weight excluding hydrogens is 222 g/mol. The van der Waals surface area contributed by atoms with Crippen LogP contribution in [-0.2, 0) is 4.74 Å². The van der Waals surface area contributed by atoms with E-state index < -0.39 is 0 Å². The maximum Gasteiger partial charge on any atom is 0.0662 e. The van der Waals surface area contributed by atoms with Crippen molar-refractivity contribution in [3.05, 3.63) is 35.9 Å². The van der Waals surface area contributed by atoms with Crippen LogP contribution in [0.3, 0.4) is 0 Å². The summed E-state index contributed by atoms with van der Waals surface area (Å²) in [6.45, 7) is 6.73. The Balaban J connectivity index is 2.27. The molecule has 0 amide bonds. The molecule has 0 N–H and O–H groups in total. The van der Waals surface area contributed by atoms with Gasteiger partial charge < -0.3 is 4.74 Å². The highest BCUT2D eigenvalue weighted by Gasteiger charge is 1.98. The van der Waals surface area contributed by atoms with Gasteiger partial charge in [0, 0.05) is 12.3 Å². The van der Waals surface area contributed by atoms with Crippen LogP contribution >= 0.6 is 0 Å². The van der Waals surface area contributed by atoms with Gasteiger partial charge in [-0.05, 0) is 18.4 Å². The van der Waals surface area contributed by atoms with E-state index in [2.05, 4.69) is 43.1 Å². The Morgan fingerprint density at radius 2 is 1.83 bits per heavy atom. The van der Waals surface area contributed by atoms with Crippen molar-refractivity contribution in [2.75, 3.05) is 19.8 Å². The zero-order valence-electron chi connectivity index (χ0n) is 11.7. The molecule has 0 bridgehead atoms. The summed E-state index contributed by atoms with van der Waals surface area (Å²) >= 11 is 0. The first-order valence-electron chi connectivity index (χ1n) is 7.05. The largest absolute Gasteiger partial charge is 0.380 e. The van der Waals surface area contributed by atoms with Gasteiger partial charge in [0.25, 0.3) is 0 Å². The first kappa shape index (κ1) is 14.9. The van der Waals surface area contributed by atoms with Gasteiger partial charge >= 0.3 is 0 Å². The molecule has 0 saturated heterocycles. The van der Waals surface area contributed by atoms with E-state index in [4.69, 9.17) is 4.74 Å². The first-order valence-corrected chi connectivity index (χ1v) is 7.05. The van der Waals surface area contributed by atoms with Crippen molar-refractivity contribution in [2.45, 2.75) is 39.5 Å². The molecule has 0 fully saturated rings. The van der Waals surface area contributed by atoms with Gasteiger partial charge in [-0.25, -0.2) is 0 Å². The number of benzene rings is 1. The molecule has 1 aromatic rings. The molecule has 0 aliphatic carbocycles. The highest BCUT2D eigenvalue weighted by atomic mass is 16.5. The summed E-state index contributed by atoms with van der Waals surface area (Å²) in [4.78, 5) is 4.62. The van der Waals surface area contributed by atoms with Crippen LogP contribution in [0.1, 0.15) is 45.1 Å². The highest BCUT2D eigenvalue weighted by Crippen LogP contribution is 2.04. The number of hydrogen-bond acceptors (Lipinski definition) is 2. The van der Waals surface area contributed by atoms with E-state index in [0.29, 0.717) is 0 Å². The molecule has 1 rings (SSSR count). The SMILES string of the molecule is CCCCCOCCN=C(CC)c1ccccc1. The standard InChI is InChI=1S/C16H25NO/c1-3-5-9-13-18-14-12-17-16(4-2)15-10-7-6-8-11-15/h6-8,10-11H,3-5,9,12-14H2,1-2H3. The third-order valence-electron chi connectivity index (χ3n) is 2.87. The predicted octanol–water partition coefficient (Wildman–Crippen LogP) is 4.09. The molecule has 0 saturated carbocycles. The number of ether oxygens (including phenoxy) is 1. The van der Waals surface area contributed by atoms with Gasteiger partial charge in [-0.3, -0.25) is 4.99 Å². The predicted molar refractivity (Wildman–Crippen MR) is 78.5 cm³/mol. The number of nitrogens with zero attached hydrogens (tertiary/aromatic N) is 1. The van der Waals surface area contributed by atoms with Gasteiger partial charge in [0.2, 0.25) is 0 Å². The van der Waals surface area contributed by atoms with Gasteiger partial charge in [-0.2, -0.15) is 0 Å². The molecule has 0 aliphatic rings. The van der Waals surface area contributed by atoms with E-state index in [0.717, 1.165) is 26.2 Å². The minimum Gasteiger partial charge on any atom is -0.380 e. The Bertz CT molecular complexity index is 332. The number of rotatable bonds is 9. The maximum absolute atomic E-state index is 5.56. The van der Waals surface area contributed by atoms with Crippen LogP contribution in [0, 0.1) is 0 Å². The lowest BCUT2D eigenvalue weighted by atomic mass is 10.1. The van der Waals surface area contributed by atoms with Crippen LogP contribution in [-0.4, -0.2) is 25.5 Å². The van der Waals surface area contributed by atoms with E-state index in [9.17, 15) is 0 Å². The van der Waals surface area contributed by atoms with E-state index in [1.54, 1.807) is 0 Å². The van der Waals surface area contributed by atoms with E-state index in [1.165, 1.54) is 30.5 Å². The number of aliphatic imine (C=N–C) groups is 1. The third-order valence-corrected chi connectivity index (χ3v) is 2.87. The minimum absolute atomic E-state index is 0.736. The van der Waals surface area contributed by atoms with E-state index in [-0.39, 0.29) is 0 Å². The number of hydrogen-bond donors (Lipinski definition) is 0. The van der Waals surface area contributed by atoms with E-state index in [1.807, 2.05) is 6.07 Å². The van der Waals surface area contributed by atoms with Crippen molar-refractivity contribution in [1.82, 2.24) is 0 Å². The van der Waals surface area contributed by atoms with Gasteiger partial charge in [-0.1, -0.05) is 57.0 Å². The third kappa shape index (κ3) is 5.97. The summed E-state index contributed by atoms with van der Waals surface area (Å²) < 4.78 is 5.56. The van der Waals surface area contributed by atoms with Crippen LogP contribution in [0.15, 0.2) is 35.3 Å². The molecular formula is C16H25NO. The topological polar surface area (TPSA) is 21.6 Å². The second-order valence-corrected chi connectivity index (χ2v) is 4.37. The van der Waals surface area contributed by atoms with E-state index >= 15 is 0 Å². The van der Waals surface area contributed by atoms with Crippen LogP contribution in [0.2, 0.25) is 0 Å². The van der Waals surface area contributed by atoms with Crippen LogP contribution in [0.25, 0.3) is 0 Å². The highest BCUT2D eigenvalue weighted by molar-refractivity contribution is 6.00. The summed E-state index contributed by atoms with van der Waals surface area (Å²) in [6, 6.07) is 10.4. The molecule has 2 nitrogen and oxygen atoms in total. The first-order chi connectivity index (χ1) is 8.88. The lowest BCUT2D eigenvalue weighted by Crippen LogP contribution is -2.05. The maximum atomic E-state index is 5.56. The lowest BCUT2D eigenvalue weighted by molar-refractivity contribution is 0.138. The zero-order valence-corrected chi connectivity index (χ0v) is 11.7. The fraction of sp³-hybridized carbons (Fsp3) is 0.562. The fourth-order valence-electron chi connectivity index (χ4n) is 1.84. The summed E-state index contributed by atoms with van der Waals surface area (Å²) in [7, 11) is 0. The monoisotopic (exact) mass is 247 g/mol. The summed E-state index contributed by atoms with van der Waals surface area (Å²) in [5.74, 6) is 0. The summed E-state index contributed by atoms with van der Waals surface area (Å²) in [5, 5.41) is 0. The Morgan fingerprint density at radius 1 is 1.06 bits per heavy atom. The summed E-state index contributed by atoms with van der Waals surface area (Å²) in [5.41, 5.74) is 2.40. The molecule has 0 unspecified atom stereocenters. The Hall–Kier alpha value is -1.15. The van der Waals surface area contributed by atoms with Crippen molar-refractivity contribution in [3.63, 3.8) is 0 Å². The second-order valence-electron chi connectivity index (χ2n) is 4.37. The second kappa shape index (κ2) is 9.84. The molecule has 2 heteroatoms. The van der Waals surface area contributed by atoms with Crippen molar-refractivity contribution in [1.29, 1.82) is 0 Å². The molecule has 0 aromatic heterocycles. The van der Waals surface area contributed by atoms with Crippen LogP contribution in [0.4, 0.5) is 0 Å². The molecule has 18 heavy (non-hydrogen) atoms. The minimum atomic E-state index is 0.736. The summed E-state index contributed by atoms with van der Waals surface area (Å²) in [6.07, 6.45) is 4.64. The number of unbranched alkanes of at least 4 members (excludes halogenated alkanes) is 2. The molecule has 0 heterocycles.